The highest BCUT2D eigenvalue weighted by Crippen LogP contribution is 2.34. The van der Waals surface area contributed by atoms with E-state index in [0.29, 0.717) is 12.6 Å². The molecule has 1 unspecified atom stereocenters. The molecule has 3 heterocycles. The number of rotatable bonds is 8. The number of fused-ring (bicyclic) bond motifs is 1. The van der Waals surface area contributed by atoms with E-state index in [1.807, 2.05) is 0 Å². The molecule has 186 valence electrons. The molecule has 8 heteroatoms. The zero-order chi connectivity index (χ0) is 25.1. The summed E-state index contributed by atoms with van der Waals surface area (Å²) in [6.45, 7) is 9.25. The Balaban J connectivity index is 1.67. The van der Waals surface area contributed by atoms with E-state index in [4.69, 9.17) is 15.1 Å². The minimum atomic E-state index is -0.0566. The van der Waals surface area contributed by atoms with Gasteiger partial charge in [-0.15, -0.1) is 0 Å². The molecule has 1 aromatic carbocycles. The monoisotopic (exact) mass is 476 g/mol. The number of hydrogen-bond donors (Lipinski definition) is 0. The standard InChI is InChI=1S/C27H36N6O2/c1-6-22-16-33(24-14-26(34)30(4)25-17-31(13-12-28)29-27(24)25)23(7-2)15-32(22)19(3)21-10-8-20(9-11-21)18-35-5/h8-11,14,17,19,22-23H,6-7,13,15-16,18H2,1-5H3/t19?,22-,23+/m1/s1. The molecule has 1 aliphatic heterocycles. The molecule has 2 aromatic heterocycles. The summed E-state index contributed by atoms with van der Waals surface area (Å²) in [5.74, 6) is 0. The maximum atomic E-state index is 12.9. The SMILES string of the molecule is CC[C@H]1CN(C(C)c2ccc(COC)cc2)[C@H](CC)CN1c1cc(=O)n(C)c2cn(CC#N)nc12. The van der Waals surface area contributed by atoms with Crippen LogP contribution in [0.3, 0.4) is 0 Å². The fraction of sp³-hybridized carbons (Fsp3) is 0.519. The van der Waals surface area contributed by atoms with E-state index in [2.05, 4.69) is 60.9 Å². The van der Waals surface area contributed by atoms with Crippen molar-refractivity contribution in [2.75, 3.05) is 25.1 Å². The molecule has 1 aliphatic rings. The van der Waals surface area contributed by atoms with E-state index in [0.717, 1.165) is 42.7 Å². The lowest BCUT2D eigenvalue weighted by Gasteiger charge is -2.49. The van der Waals surface area contributed by atoms with Gasteiger partial charge in [-0.25, -0.2) is 0 Å². The lowest BCUT2D eigenvalue weighted by molar-refractivity contribution is 0.101. The summed E-state index contributed by atoms with van der Waals surface area (Å²) in [5, 5.41) is 13.8. The minimum absolute atomic E-state index is 0.0566. The van der Waals surface area contributed by atoms with Crippen molar-refractivity contribution in [3.63, 3.8) is 0 Å². The Morgan fingerprint density at radius 1 is 1.17 bits per heavy atom. The van der Waals surface area contributed by atoms with Gasteiger partial charge in [0.15, 0.2) is 0 Å². The van der Waals surface area contributed by atoms with Gasteiger partial charge < -0.3 is 14.2 Å². The van der Waals surface area contributed by atoms with Crippen molar-refractivity contribution in [1.29, 1.82) is 5.26 Å². The van der Waals surface area contributed by atoms with Gasteiger partial charge in [-0.2, -0.15) is 10.4 Å². The number of nitrogens with zero attached hydrogens (tertiary/aromatic N) is 6. The number of anilines is 1. The van der Waals surface area contributed by atoms with Gasteiger partial charge in [0.2, 0.25) is 0 Å². The molecule has 8 nitrogen and oxygen atoms in total. The van der Waals surface area contributed by atoms with Crippen molar-refractivity contribution in [2.24, 2.45) is 7.05 Å². The first-order valence-corrected chi connectivity index (χ1v) is 12.5. The third kappa shape index (κ3) is 4.84. The van der Waals surface area contributed by atoms with E-state index in [-0.39, 0.29) is 24.2 Å². The topological polar surface area (TPSA) is 79.3 Å². The Morgan fingerprint density at radius 3 is 2.51 bits per heavy atom. The van der Waals surface area contributed by atoms with Crippen LogP contribution in [0.2, 0.25) is 0 Å². The summed E-state index contributed by atoms with van der Waals surface area (Å²) >= 11 is 0. The van der Waals surface area contributed by atoms with Crippen LogP contribution in [0.15, 0.2) is 41.3 Å². The number of nitriles is 1. The van der Waals surface area contributed by atoms with E-state index in [9.17, 15) is 4.79 Å². The molecule has 0 spiro atoms. The van der Waals surface area contributed by atoms with Crippen molar-refractivity contribution in [2.45, 2.75) is 64.9 Å². The Kier molecular flexibility index (Phi) is 7.58. The molecule has 1 saturated heterocycles. The van der Waals surface area contributed by atoms with Crippen LogP contribution >= 0.6 is 0 Å². The number of ether oxygens (including phenoxy) is 1. The van der Waals surface area contributed by atoms with Crippen molar-refractivity contribution in [1.82, 2.24) is 19.2 Å². The molecule has 3 aromatic rings. The van der Waals surface area contributed by atoms with E-state index >= 15 is 0 Å². The van der Waals surface area contributed by atoms with Gasteiger partial charge in [-0.05, 0) is 30.9 Å². The van der Waals surface area contributed by atoms with Crippen LogP contribution in [0.4, 0.5) is 5.69 Å². The second-order valence-electron chi connectivity index (χ2n) is 9.47. The Morgan fingerprint density at radius 2 is 1.89 bits per heavy atom. The molecule has 1 fully saturated rings. The van der Waals surface area contributed by atoms with Gasteiger partial charge >= 0.3 is 0 Å². The van der Waals surface area contributed by atoms with Crippen LogP contribution in [0, 0.1) is 11.3 Å². The molecule has 3 atom stereocenters. The molecular weight excluding hydrogens is 440 g/mol. The largest absolute Gasteiger partial charge is 0.380 e. The summed E-state index contributed by atoms with van der Waals surface area (Å²) in [7, 11) is 3.48. The average molecular weight is 477 g/mol. The molecule has 0 amide bonds. The molecule has 0 saturated carbocycles. The normalized spacial score (nSPS) is 19.7. The maximum absolute atomic E-state index is 12.9. The maximum Gasteiger partial charge on any atom is 0.252 e. The number of piperazine rings is 1. The molecule has 0 N–H and O–H groups in total. The van der Waals surface area contributed by atoms with E-state index in [1.54, 1.807) is 35.7 Å². The quantitative estimate of drug-likeness (QED) is 0.491. The van der Waals surface area contributed by atoms with Crippen LogP contribution in [0.25, 0.3) is 11.0 Å². The number of aryl methyl sites for hydroxylation is 1. The smallest absolute Gasteiger partial charge is 0.252 e. The van der Waals surface area contributed by atoms with Gasteiger partial charge in [0.1, 0.15) is 12.1 Å². The summed E-state index contributed by atoms with van der Waals surface area (Å²) in [6.07, 6.45) is 3.77. The fourth-order valence-corrected chi connectivity index (χ4v) is 5.32. The van der Waals surface area contributed by atoms with E-state index < -0.39 is 0 Å². The number of pyridine rings is 1. The zero-order valence-electron chi connectivity index (χ0n) is 21.4. The van der Waals surface area contributed by atoms with Crippen LogP contribution in [0.1, 0.15) is 50.8 Å². The van der Waals surface area contributed by atoms with Gasteiger partial charge in [-0.1, -0.05) is 38.1 Å². The first-order chi connectivity index (χ1) is 16.9. The Labute approximate surface area is 207 Å². The molecule has 0 bridgehead atoms. The second kappa shape index (κ2) is 10.6. The lowest BCUT2D eigenvalue weighted by Crippen LogP contribution is -2.58. The van der Waals surface area contributed by atoms with Crippen molar-refractivity contribution >= 4 is 16.7 Å². The fourth-order valence-electron chi connectivity index (χ4n) is 5.32. The molecule has 4 rings (SSSR count). The van der Waals surface area contributed by atoms with Crippen LogP contribution in [-0.2, 0) is 24.9 Å². The third-order valence-corrected chi connectivity index (χ3v) is 7.43. The highest BCUT2D eigenvalue weighted by atomic mass is 16.5. The Hall–Kier alpha value is -3.15. The number of methoxy groups -OCH3 is 1. The first kappa shape index (κ1) is 25.0. The van der Waals surface area contributed by atoms with Crippen molar-refractivity contribution in [3.8, 4) is 6.07 Å². The lowest BCUT2D eigenvalue weighted by atomic mass is 9.96. The highest BCUT2D eigenvalue weighted by Gasteiger charge is 2.36. The Bertz CT molecular complexity index is 1260. The van der Waals surface area contributed by atoms with Crippen molar-refractivity contribution < 1.29 is 4.74 Å². The molecule has 0 aliphatic carbocycles. The summed E-state index contributed by atoms with van der Waals surface area (Å²) in [6, 6.07) is 13.5. The molecular formula is C27H36N6O2. The minimum Gasteiger partial charge on any atom is -0.380 e. The van der Waals surface area contributed by atoms with Gasteiger partial charge in [0.25, 0.3) is 5.56 Å². The van der Waals surface area contributed by atoms with Crippen LogP contribution < -0.4 is 10.5 Å². The molecule has 35 heavy (non-hydrogen) atoms. The number of benzene rings is 1. The van der Waals surface area contributed by atoms with Gasteiger partial charge in [0, 0.05) is 51.4 Å². The predicted octanol–water partition coefficient (Wildman–Crippen LogP) is 3.85. The second-order valence-corrected chi connectivity index (χ2v) is 9.47. The van der Waals surface area contributed by atoms with E-state index in [1.165, 1.54) is 11.1 Å². The van der Waals surface area contributed by atoms with Crippen molar-refractivity contribution in [3.05, 3.63) is 58.0 Å². The highest BCUT2D eigenvalue weighted by molar-refractivity contribution is 5.88. The third-order valence-electron chi connectivity index (χ3n) is 7.43. The zero-order valence-corrected chi connectivity index (χ0v) is 21.4. The summed E-state index contributed by atoms with van der Waals surface area (Å²) in [4.78, 5) is 17.9. The first-order valence-electron chi connectivity index (χ1n) is 12.5. The number of aromatic nitrogens is 3. The van der Waals surface area contributed by atoms with Crippen LogP contribution in [0.5, 0.6) is 0 Å². The van der Waals surface area contributed by atoms with Crippen LogP contribution in [-0.4, -0.2) is 51.5 Å². The number of hydrogen-bond acceptors (Lipinski definition) is 6. The predicted molar refractivity (Wildman–Crippen MR) is 138 cm³/mol. The summed E-state index contributed by atoms with van der Waals surface area (Å²) < 4.78 is 8.50. The average Bonchev–Trinajstić information content (AvgIpc) is 3.30. The van der Waals surface area contributed by atoms with Gasteiger partial charge in [-0.3, -0.25) is 14.4 Å². The summed E-state index contributed by atoms with van der Waals surface area (Å²) in [5.41, 5.74) is 4.85. The molecule has 0 radical (unpaired) electrons. The van der Waals surface area contributed by atoms with Gasteiger partial charge in [0.05, 0.1) is 30.1 Å².